The van der Waals surface area contributed by atoms with E-state index in [1.54, 1.807) is 11.8 Å². The van der Waals surface area contributed by atoms with E-state index in [-0.39, 0.29) is 17.5 Å². The maximum absolute atomic E-state index is 9.97. The van der Waals surface area contributed by atoms with Crippen molar-refractivity contribution in [3.05, 3.63) is 58.3 Å². The molecule has 1 aromatic rings. The minimum Gasteiger partial charge on any atom is -0.399 e. The predicted octanol–water partition coefficient (Wildman–Crippen LogP) is 3.97. The Labute approximate surface area is 158 Å². The number of fused-ring (bicyclic) bond motifs is 1. The molecule has 3 rings (SSSR count). The normalized spacial score (nSPS) is 24.1. The fraction of sp³-hybridized carbons (Fsp3) is 0.381. The molecule has 4 nitrogen and oxygen atoms in total. The first-order chi connectivity index (χ1) is 12.5. The molecular formula is C21H20N4S. The van der Waals surface area contributed by atoms with E-state index in [9.17, 15) is 15.8 Å². The molecule has 0 aromatic heterocycles. The number of allylic oxidation sites excluding steroid dienone is 3. The highest BCUT2D eigenvalue weighted by Gasteiger charge is 2.53. The second-order valence-corrected chi connectivity index (χ2v) is 8.11. The lowest BCUT2D eigenvalue weighted by atomic mass is 9.59. The summed E-state index contributed by atoms with van der Waals surface area (Å²) in [6.07, 6.45) is 2.03. The van der Waals surface area contributed by atoms with Crippen molar-refractivity contribution in [2.75, 3.05) is 11.5 Å². The van der Waals surface area contributed by atoms with E-state index >= 15 is 0 Å². The maximum Gasteiger partial charge on any atom is 0.191 e. The van der Waals surface area contributed by atoms with E-state index in [4.69, 9.17) is 5.73 Å². The lowest BCUT2D eigenvalue weighted by Gasteiger charge is -2.43. The Morgan fingerprint density at radius 1 is 1.15 bits per heavy atom. The van der Waals surface area contributed by atoms with Crippen LogP contribution in [-0.4, -0.2) is 11.5 Å². The minimum absolute atomic E-state index is 0.0695. The second kappa shape index (κ2) is 6.91. The van der Waals surface area contributed by atoms with Gasteiger partial charge in [0.25, 0.3) is 0 Å². The monoisotopic (exact) mass is 360 g/mol. The zero-order chi connectivity index (χ0) is 18.9. The van der Waals surface area contributed by atoms with Gasteiger partial charge in [-0.1, -0.05) is 44.2 Å². The lowest BCUT2D eigenvalue weighted by molar-refractivity contribution is 0.368. The third kappa shape index (κ3) is 2.59. The van der Waals surface area contributed by atoms with Crippen LogP contribution in [0.25, 0.3) is 0 Å². The zero-order valence-corrected chi connectivity index (χ0v) is 15.7. The van der Waals surface area contributed by atoms with E-state index in [1.165, 1.54) is 5.56 Å². The van der Waals surface area contributed by atoms with Gasteiger partial charge in [0, 0.05) is 23.3 Å². The van der Waals surface area contributed by atoms with Crippen molar-refractivity contribution in [2.45, 2.75) is 25.7 Å². The molecule has 2 aliphatic rings. The van der Waals surface area contributed by atoms with Gasteiger partial charge in [-0.05, 0) is 22.6 Å². The molecule has 0 saturated heterocycles. The van der Waals surface area contributed by atoms with Gasteiger partial charge in [0.1, 0.15) is 6.07 Å². The molecule has 2 N–H and O–H groups in total. The van der Waals surface area contributed by atoms with Gasteiger partial charge < -0.3 is 5.73 Å². The van der Waals surface area contributed by atoms with Crippen molar-refractivity contribution in [3.8, 4) is 18.2 Å². The number of thioether (sulfide) groups is 1. The molecule has 5 heteroatoms. The maximum atomic E-state index is 9.97. The highest BCUT2D eigenvalue weighted by Crippen LogP contribution is 2.55. The standard InChI is InChI=1S/C21H20N4S/c1-13(2)14-3-5-15(6-4-14)19-18-10-26-8-7-16(18)17(9-22)20(25)21(19,11-23)12-24/h3-7,13,18-19H,8,10,25H2,1-2H3/t18-,19-/m0/s1. The number of nitrogens with zero attached hydrogens (tertiary/aromatic N) is 3. The summed E-state index contributed by atoms with van der Waals surface area (Å²) in [5, 5.41) is 29.6. The number of nitriles is 3. The van der Waals surface area contributed by atoms with Crippen LogP contribution in [0.15, 0.2) is 47.2 Å². The van der Waals surface area contributed by atoms with Crippen LogP contribution in [0.3, 0.4) is 0 Å². The molecule has 0 spiro atoms. The van der Waals surface area contributed by atoms with Crippen molar-refractivity contribution in [2.24, 2.45) is 17.1 Å². The second-order valence-electron chi connectivity index (χ2n) is 7.03. The highest BCUT2D eigenvalue weighted by molar-refractivity contribution is 7.99. The first-order valence-electron chi connectivity index (χ1n) is 8.61. The van der Waals surface area contributed by atoms with Crippen molar-refractivity contribution in [1.82, 2.24) is 0 Å². The Morgan fingerprint density at radius 3 is 2.35 bits per heavy atom. The molecule has 26 heavy (non-hydrogen) atoms. The van der Waals surface area contributed by atoms with Gasteiger partial charge >= 0.3 is 0 Å². The molecule has 0 unspecified atom stereocenters. The summed E-state index contributed by atoms with van der Waals surface area (Å²) >= 11 is 1.75. The number of rotatable bonds is 2. The Morgan fingerprint density at radius 2 is 1.81 bits per heavy atom. The van der Waals surface area contributed by atoms with Gasteiger partial charge in [-0.15, -0.1) is 0 Å². The Bertz CT molecular complexity index is 889. The highest BCUT2D eigenvalue weighted by atomic mass is 32.2. The molecule has 1 aliphatic carbocycles. The first kappa shape index (κ1) is 18.1. The van der Waals surface area contributed by atoms with Crippen molar-refractivity contribution in [1.29, 1.82) is 15.8 Å². The Hall–Kier alpha value is -2.68. The van der Waals surface area contributed by atoms with E-state index in [2.05, 4.69) is 44.2 Å². The SMILES string of the molecule is CC(C)c1ccc([C@H]2[C@H]3CSCC=C3C(C#N)=C(N)C2(C#N)C#N)cc1. The van der Waals surface area contributed by atoms with Crippen LogP contribution in [0.4, 0.5) is 0 Å². The molecule has 0 bridgehead atoms. The number of benzene rings is 1. The summed E-state index contributed by atoms with van der Waals surface area (Å²) in [7, 11) is 0. The summed E-state index contributed by atoms with van der Waals surface area (Å²) in [6, 6.07) is 14.6. The molecule has 1 aliphatic heterocycles. The van der Waals surface area contributed by atoms with Crippen LogP contribution < -0.4 is 5.73 Å². The molecule has 0 radical (unpaired) electrons. The Kier molecular flexibility index (Phi) is 4.82. The first-order valence-corrected chi connectivity index (χ1v) is 9.76. The topological polar surface area (TPSA) is 97.4 Å². The summed E-state index contributed by atoms with van der Waals surface area (Å²) in [5.74, 6) is 1.54. The smallest absolute Gasteiger partial charge is 0.191 e. The van der Waals surface area contributed by atoms with Crippen LogP contribution >= 0.6 is 11.8 Å². The van der Waals surface area contributed by atoms with E-state index in [0.717, 1.165) is 22.6 Å². The molecule has 0 saturated carbocycles. The number of nitrogens with two attached hydrogens (primary N) is 1. The number of hydrogen-bond acceptors (Lipinski definition) is 5. The molecule has 130 valence electrons. The van der Waals surface area contributed by atoms with Gasteiger partial charge in [0.05, 0.1) is 23.4 Å². The molecule has 1 heterocycles. The average Bonchev–Trinajstić information content (AvgIpc) is 2.67. The average molecular weight is 360 g/mol. The summed E-state index contributed by atoms with van der Waals surface area (Å²) in [4.78, 5) is 0. The molecule has 0 amide bonds. The molecule has 0 fully saturated rings. The van der Waals surface area contributed by atoms with Crippen molar-refractivity contribution < 1.29 is 0 Å². The van der Waals surface area contributed by atoms with Crippen LogP contribution in [0.5, 0.6) is 0 Å². The third-order valence-corrected chi connectivity index (χ3v) is 6.39. The Balaban J connectivity index is 2.25. The van der Waals surface area contributed by atoms with Gasteiger partial charge in [-0.3, -0.25) is 0 Å². The lowest BCUT2D eigenvalue weighted by Crippen LogP contribution is -2.43. The van der Waals surface area contributed by atoms with Crippen LogP contribution in [0.2, 0.25) is 0 Å². The van der Waals surface area contributed by atoms with Crippen LogP contribution in [0.1, 0.15) is 36.8 Å². The summed E-state index contributed by atoms with van der Waals surface area (Å²) < 4.78 is 0. The molecule has 2 atom stereocenters. The van der Waals surface area contributed by atoms with Crippen LogP contribution in [0, 0.1) is 45.3 Å². The predicted molar refractivity (Wildman–Crippen MR) is 103 cm³/mol. The molecular weight excluding hydrogens is 340 g/mol. The largest absolute Gasteiger partial charge is 0.399 e. The van der Waals surface area contributed by atoms with Crippen molar-refractivity contribution in [3.63, 3.8) is 0 Å². The minimum atomic E-state index is -1.52. The van der Waals surface area contributed by atoms with E-state index in [1.807, 2.05) is 18.2 Å². The van der Waals surface area contributed by atoms with E-state index < -0.39 is 5.41 Å². The molecule has 1 aromatic carbocycles. The summed E-state index contributed by atoms with van der Waals surface area (Å²) in [6.45, 7) is 4.26. The van der Waals surface area contributed by atoms with Gasteiger partial charge in [-0.25, -0.2) is 0 Å². The van der Waals surface area contributed by atoms with Gasteiger partial charge in [0.15, 0.2) is 5.41 Å². The van der Waals surface area contributed by atoms with Crippen molar-refractivity contribution >= 4 is 11.8 Å². The van der Waals surface area contributed by atoms with E-state index in [0.29, 0.717) is 11.5 Å². The van der Waals surface area contributed by atoms with Gasteiger partial charge in [0.2, 0.25) is 0 Å². The van der Waals surface area contributed by atoms with Gasteiger partial charge in [-0.2, -0.15) is 27.5 Å². The van der Waals surface area contributed by atoms with Crippen LogP contribution in [-0.2, 0) is 0 Å². The zero-order valence-electron chi connectivity index (χ0n) is 14.9. The third-order valence-electron chi connectivity index (χ3n) is 5.40. The quantitative estimate of drug-likeness (QED) is 0.860. The number of hydrogen-bond donors (Lipinski definition) is 1. The summed E-state index contributed by atoms with van der Waals surface area (Å²) in [5.41, 5.74) is 8.18. The fourth-order valence-electron chi connectivity index (χ4n) is 3.95. The fourth-order valence-corrected chi connectivity index (χ4v) is 5.01.